The highest BCUT2D eigenvalue weighted by atomic mass is 16.4. The van der Waals surface area contributed by atoms with Crippen molar-refractivity contribution in [1.29, 1.82) is 0 Å². The van der Waals surface area contributed by atoms with E-state index in [0.29, 0.717) is 13.1 Å². The van der Waals surface area contributed by atoms with Gasteiger partial charge in [-0.15, -0.1) is 0 Å². The van der Waals surface area contributed by atoms with E-state index in [4.69, 9.17) is 5.11 Å². The predicted molar refractivity (Wildman–Crippen MR) is 58.9 cm³/mol. The number of aliphatic carboxylic acids is 1. The van der Waals surface area contributed by atoms with Gasteiger partial charge in [0.05, 0.1) is 12.5 Å². The van der Waals surface area contributed by atoms with Crippen LogP contribution in [0.1, 0.15) is 13.3 Å². The van der Waals surface area contributed by atoms with Gasteiger partial charge in [-0.3, -0.25) is 9.69 Å². The van der Waals surface area contributed by atoms with E-state index in [9.17, 15) is 9.90 Å². The van der Waals surface area contributed by atoms with Gasteiger partial charge in [0, 0.05) is 26.2 Å². The van der Waals surface area contributed by atoms with Gasteiger partial charge in [0.15, 0.2) is 0 Å². The quantitative estimate of drug-likeness (QED) is 0.586. The summed E-state index contributed by atoms with van der Waals surface area (Å²) in [6.07, 6.45) is -0.291. The first kappa shape index (κ1) is 14.3. The maximum absolute atomic E-state index is 10.4. The molecule has 0 aromatic rings. The van der Waals surface area contributed by atoms with Gasteiger partial charge in [0.25, 0.3) is 0 Å². The summed E-state index contributed by atoms with van der Waals surface area (Å²) >= 11 is 0. The maximum Gasteiger partial charge on any atom is 0.304 e. The van der Waals surface area contributed by atoms with Crippen molar-refractivity contribution in [2.24, 2.45) is 0 Å². The van der Waals surface area contributed by atoms with E-state index in [-0.39, 0.29) is 6.42 Å². The van der Waals surface area contributed by atoms with Crippen LogP contribution in [0.4, 0.5) is 0 Å². The van der Waals surface area contributed by atoms with Gasteiger partial charge < -0.3 is 15.1 Å². The molecule has 0 bridgehead atoms. The van der Waals surface area contributed by atoms with E-state index in [1.165, 1.54) is 0 Å². The summed E-state index contributed by atoms with van der Waals surface area (Å²) < 4.78 is 0. The lowest BCUT2D eigenvalue weighted by atomic mass is 10.3. The van der Waals surface area contributed by atoms with Crippen molar-refractivity contribution in [3.8, 4) is 0 Å². The summed E-state index contributed by atoms with van der Waals surface area (Å²) in [7, 11) is 3.94. The molecule has 15 heavy (non-hydrogen) atoms. The Kier molecular flexibility index (Phi) is 7.29. The summed E-state index contributed by atoms with van der Waals surface area (Å²) in [6, 6.07) is 0. The number of aliphatic hydroxyl groups is 1. The largest absolute Gasteiger partial charge is 0.481 e. The van der Waals surface area contributed by atoms with E-state index in [1.54, 1.807) is 6.92 Å². The van der Waals surface area contributed by atoms with Crippen molar-refractivity contribution in [2.75, 3.05) is 40.3 Å². The van der Waals surface area contributed by atoms with Gasteiger partial charge in [-0.05, 0) is 21.0 Å². The van der Waals surface area contributed by atoms with Gasteiger partial charge in [-0.2, -0.15) is 0 Å². The molecule has 90 valence electrons. The summed E-state index contributed by atoms with van der Waals surface area (Å²) in [5.41, 5.74) is 0. The van der Waals surface area contributed by atoms with Crippen LogP contribution < -0.4 is 0 Å². The van der Waals surface area contributed by atoms with E-state index in [2.05, 4.69) is 0 Å². The maximum atomic E-state index is 10.4. The predicted octanol–water partition coefficient (Wildman–Crippen LogP) is -0.294. The molecule has 0 amide bonds. The van der Waals surface area contributed by atoms with Gasteiger partial charge in [-0.25, -0.2) is 0 Å². The molecular weight excluding hydrogens is 196 g/mol. The molecule has 0 heterocycles. The Balaban J connectivity index is 3.89. The number of rotatable bonds is 8. The minimum absolute atomic E-state index is 0.125. The minimum Gasteiger partial charge on any atom is -0.481 e. The van der Waals surface area contributed by atoms with Crippen LogP contribution in [0, 0.1) is 0 Å². The van der Waals surface area contributed by atoms with Crippen molar-refractivity contribution in [3.05, 3.63) is 0 Å². The van der Waals surface area contributed by atoms with Crippen LogP contribution in [0.5, 0.6) is 0 Å². The Bertz CT molecular complexity index is 184. The van der Waals surface area contributed by atoms with E-state index in [1.807, 2.05) is 23.9 Å². The number of nitrogens with zero attached hydrogens (tertiary/aromatic N) is 2. The Morgan fingerprint density at radius 2 is 1.87 bits per heavy atom. The van der Waals surface area contributed by atoms with Gasteiger partial charge in [0.2, 0.25) is 0 Å². The zero-order valence-corrected chi connectivity index (χ0v) is 9.81. The summed E-state index contributed by atoms with van der Waals surface area (Å²) in [4.78, 5) is 14.4. The molecule has 0 aliphatic carbocycles. The average molecular weight is 218 g/mol. The molecule has 5 nitrogen and oxygen atoms in total. The second-order valence-electron chi connectivity index (χ2n) is 4.10. The van der Waals surface area contributed by atoms with Crippen LogP contribution in [-0.4, -0.2) is 72.4 Å². The Morgan fingerprint density at radius 3 is 2.27 bits per heavy atom. The molecule has 0 saturated carbocycles. The van der Waals surface area contributed by atoms with Crippen molar-refractivity contribution >= 4 is 5.97 Å². The zero-order valence-electron chi connectivity index (χ0n) is 9.81. The fraction of sp³-hybridized carbons (Fsp3) is 0.900. The molecule has 0 spiro atoms. The topological polar surface area (TPSA) is 64.0 Å². The first-order valence-corrected chi connectivity index (χ1v) is 5.18. The smallest absolute Gasteiger partial charge is 0.304 e. The summed E-state index contributed by atoms with van der Waals surface area (Å²) in [5, 5.41) is 17.8. The SMILES string of the molecule is CC(O)CN(CCC(=O)O)CCN(C)C. The van der Waals surface area contributed by atoms with Gasteiger partial charge >= 0.3 is 5.97 Å². The molecule has 0 saturated heterocycles. The fourth-order valence-corrected chi connectivity index (χ4v) is 1.26. The Labute approximate surface area is 91.3 Å². The van der Waals surface area contributed by atoms with E-state index >= 15 is 0 Å². The summed E-state index contributed by atoms with van der Waals surface area (Å²) in [5.74, 6) is -0.796. The van der Waals surface area contributed by atoms with Gasteiger partial charge in [-0.1, -0.05) is 0 Å². The lowest BCUT2D eigenvalue weighted by molar-refractivity contribution is -0.137. The van der Waals surface area contributed by atoms with Crippen LogP contribution in [0.25, 0.3) is 0 Å². The molecule has 5 heteroatoms. The summed E-state index contributed by atoms with van der Waals surface area (Å²) in [6.45, 7) is 4.39. The molecule has 0 aromatic heterocycles. The van der Waals surface area contributed by atoms with Crippen LogP contribution in [-0.2, 0) is 4.79 Å². The lowest BCUT2D eigenvalue weighted by Gasteiger charge is -2.24. The minimum atomic E-state index is -0.796. The second-order valence-corrected chi connectivity index (χ2v) is 4.10. The number of likely N-dealkylation sites (N-methyl/N-ethyl adjacent to an activating group) is 1. The molecule has 0 radical (unpaired) electrons. The van der Waals surface area contributed by atoms with Crippen LogP contribution in [0.3, 0.4) is 0 Å². The normalized spacial score (nSPS) is 13.5. The molecule has 0 rings (SSSR count). The second kappa shape index (κ2) is 7.62. The average Bonchev–Trinajstić information content (AvgIpc) is 2.08. The molecular formula is C10H22N2O3. The van der Waals surface area contributed by atoms with Crippen molar-refractivity contribution in [2.45, 2.75) is 19.4 Å². The first-order chi connectivity index (χ1) is 6.91. The highest BCUT2D eigenvalue weighted by Crippen LogP contribution is 1.95. The molecule has 1 atom stereocenters. The molecule has 0 aliphatic heterocycles. The van der Waals surface area contributed by atoms with Crippen LogP contribution in [0.2, 0.25) is 0 Å². The highest BCUT2D eigenvalue weighted by molar-refractivity contribution is 5.66. The third-order valence-electron chi connectivity index (χ3n) is 2.03. The Morgan fingerprint density at radius 1 is 1.27 bits per heavy atom. The van der Waals surface area contributed by atoms with Crippen molar-refractivity contribution in [1.82, 2.24) is 9.80 Å². The van der Waals surface area contributed by atoms with E-state index in [0.717, 1.165) is 13.1 Å². The standard InChI is InChI=1S/C10H22N2O3/c1-9(13)8-12(5-4-10(14)15)7-6-11(2)3/h9,13H,4-8H2,1-3H3,(H,14,15). The number of hydrogen-bond donors (Lipinski definition) is 2. The molecule has 0 aromatic carbocycles. The monoisotopic (exact) mass is 218 g/mol. The third kappa shape index (κ3) is 9.65. The van der Waals surface area contributed by atoms with Gasteiger partial charge in [0.1, 0.15) is 0 Å². The number of hydrogen-bond acceptors (Lipinski definition) is 4. The van der Waals surface area contributed by atoms with Crippen molar-refractivity contribution < 1.29 is 15.0 Å². The number of carboxylic acids is 1. The molecule has 1 unspecified atom stereocenters. The highest BCUT2D eigenvalue weighted by Gasteiger charge is 2.10. The number of aliphatic hydroxyl groups excluding tert-OH is 1. The number of carboxylic acid groups (broad SMARTS) is 1. The Hall–Kier alpha value is -0.650. The van der Waals surface area contributed by atoms with Crippen molar-refractivity contribution in [3.63, 3.8) is 0 Å². The molecule has 0 fully saturated rings. The molecule has 0 aliphatic rings. The third-order valence-corrected chi connectivity index (χ3v) is 2.03. The lowest BCUT2D eigenvalue weighted by Crippen LogP contribution is -2.37. The zero-order chi connectivity index (χ0) is 11.8. The first-order valence-electron chi connectivity index (χ1n) is 5.18. The fourth-order valence-electron chi connectivity index (χ4n) is 1.26. The molecule has 2 N–H and O–H groups in total. The van der Waals surface area contributed by atoms with Crippen LogP contribution >= 0.6 is 0 Å². The van der Waals surface area contributed by atoms with E-state index < -0.39 is 12.1 Å². The number of carbonyl (C=O) groups is 1. The van der Waals surface area contributed by atoms with Crippen LogP contribution in [0.15, 0.2) is 0 Å².